The third-order valence-corrected chi connectivity index (χ3v) is 6.54. The van der Waals surface area contributed by atoms with Gasteiger partial charge in [-0.25, -0.2) is 17.9 Å². The van der Waals surface area contributed by atoms with Gasteiger partial charge in [0.15, 0.2) is 6.61 Å². The van der Waals surface area contributed by atoms with E-state index in [1.54, 1.807) is 0 Å². The number of sulfonamides is 1. The van der Waals surface area contributed by atoms with Crippen LogP contribution >= 0.6 is 0 Å². The molecule has 4 rings (SSSR count). The van der Waals surface area contributed by atoms with Crippen LogP contribution in [-0.2, 0) is 19.6 Å². The van der Waals surface area contributed by atoms with Crippen molar-refractivity contribution in [3.63, 3.8) is 0 Å². The van der Waals surface area contributed by atoms with Crippen LogP contribution in [0.1, 0.15) is 43.9 Å². The molecular weight excluding hydrogens is 438 g/mol. The molecule has 2 aromatic rings. The molecule has 0 bridgehead atoms. The Morgan fingerprint density at radius 1 is 1.03 bits per heavy atom. The van der Waals surface area contributed by atoms with Crippen molar-refractivity contribution in [1.29, 1.82) is 0 Å². The number of benzene rings is 2. The van der Waals surface area contributed by atoms with E-state index in [0.29, 0.717) is 0 Å². The van der Waals surface area contributed by atoms with E-state index in [1.165, 1.54) is 49.5 Å². The van der Waals surface area contributed by atoms with Crippen LogP contribution < -0.4 is 10.0 Å². The van der Waals surface area contributed by atoms with Crippen LogP contribution in [0.25, 0.3) is 0 Å². The van der Waals surface area contributed by atoms with Crippen molar-refractivity contribution in [3.05, 3.63) is 59.2 Å². The van der Waals surface area contributed by atoms with E-state index >= 15 is 0 Å². The summed E-state index contributed by atoms with van der Waals surface area (Å²) in [5.41, 5.74) is 0.796. The maximum atomic E-state index is 12.2. The minimum absolute atomic E-state index is 0.0339. The molecule has 11 heteroatoms. The number of anilines is 1. The molecule has 0 spiro atoms. The van der Waals surface area contributed by atoms with E-state index in [1.807, 2.05) is 0 Å². The number of nitrogens with one attached hydrogen (secondary N) is 2. The quantitative estimate of drug-likeness (QED) is 0.470. The molecule has 3 amide bonds. The number of ether oxygens (including phenoxy) is 1. The number of amides is 3. The number of esters is 1. The molecule has 0 unspecified atom stereocenters. The van der Waals surface area contributed by atoms with Gasteiger partial charge in [-0.05, 0) is 55.3 Å². The first-order chi connectivity index (χ1) is 15.2. The van der Waals surface area contributed by atoms with Gasteiger partial charge in [0.25, 0.3) is 17.7 Å². The molecule has 2 aromatic carbocycles. The van der Waals surface area contributed by atoms with E-state index in [0.717, 1.165) is 17.7 Å². The second kappa shape index (κ2) is 8.17. The number of rotatable bonds is 7. The number of hydrogen-bond acceptors (Lipinski definition) is 7. The van der Waals surface area contributed by atoms with Crippen LogP contribution in [0.5, 0.6) is 0 Å². The Hall–Kier alpha value is -3.57. The zero-order valence-electron chi connectivity index (χ0n) is 17.0. The van der Waals surface area contributed by atoms with Gasteiger partial charge < -0.3 is 10.1 Å². The van der Waals surface area contributed by atoms with E-state index in [9.17, 15) is 27.6 Å². The van der Waals surface area contributed by atoms with Crippen LogP contribution in [0.2, 0.25) is 0 Å². The van der Waals surface area contributed by atoms with E-state index in [4.69, 9.17) is 4.74 Å². The molecule has 0 saturated heterocycles. The molecule has 1 aliphatic carbocycles. The molecule has 1 heterocycles. The summed E-state index contributed by atoms with van der Waals surface area (Å²) in [5.74, 6) is -2.32. The topological polar surface area (TPSA) is 139 Å². The van der Waals surface area contributed by atoms with Crippen molar-refractivity contribution in [2.75, 3.05) is 19.0 Å². The third-order valence-electron chi connectivity index (χ3n) is 5.01. The lowest BCUT2D eigenvalue weighted by Crippen LogP contribution is -2.25. The summed E-state index contributed by atoms with van der Waals surface area (Å²) in [7, 11) is -2.26. The van der Waals surface area contributed by atoms with Gasteiger partial charge in [-0.15, -0.1) is 0 Å². The average Bonchev–Trinajstić information content (AvgIpc) is 3.55. The second-order valence-corrected chi connectivity index (χ2v) is 9.19. The van der Waals surface area contributed by atoms with Crippen LogP contribution in [0.4, 0.5) is 5.69 Å². The SMILES string of the molecule is CN1C(=O)c2ccc(NC(=O)COC(=O)c3ccc(S(=O)(=O)NC4CC4)cc3)cc2C1=O. The van der Waals surface area contributed by atoms with Crippen LogP contribution in [0.15, 0.2) is 47.4 Å². The summed E-state index contributed by atoms with van der Waals surface area (Å²) >= 11 is 0. The summed E-state index contributed by atoms with van der Waals surface area (Å²) in [4.78, 5) is 49.2. The van der Waals surface area contributed by atoms with Gasteiger partial charge >= 0.3 is 5.97 Å². The Balaban J connectivity index is 1.33. The molecule has 32 heavy (non-hydrogen) atoms. The zero-order valence-corrected chi connectivity index (χ0v) is 17.8. The molecule has 2 aliphatic rings. The van der Waals surface area contributed by atoms with Crippen LogP contribution in [0, 0.1) is 0 Å². The molecule has 1 fully saturated rings. The molecule has 10 nitrogen and oxygen atoms in total. The number of fused-ring (bicyclic) bond motifs is 1. The lowest BCUT2D eigenvalue weighted by atomic mass is 10.1. The number of nitrogens with zero attached hydrogens (tertiary/aromatic N) is 1. The van der Waals surface area contributed by atoms with Crippen molar-refractivity contribution in [2.24, 2.45) is 0 Å². The summed E-state index contributed by atoms with van der Waals surface area (Å²) < 4.78 is 31.8. The minimum atomic E-state index is -3.63. The fourth-order valence-corrected chi connectivity index (χ4v) is 4.41. The normalized spacial score (nSPS) is 15.5. The Morgan fingerprint density at radius 2 is 1.69 bits per heavy atom. The van der Waals surface area contributed by atoms with E-state index in [2.05, 4.69) is 10.0 Å². The van der Waals surface area contributed by atoms with Gasteiger partial charge in [0.1, 0.15) is 0 Å². The van der Waals surface area contributed by atoms with E-state index in [-0.39, 0.29) is 33.3 Å². The summed E-state index contributed by atoms with van der Waals surface area (Å²) in [6, 6.07) is 9.46. The third kappa shape index (κ3) is 4.39. The highest BCUT2D eigenvalue weighted by Gasteiger charge is 2.33. The zero-order chi connectivity index (χ0) is 23.0. The molecule has 2 N–H and O–H groups in total. The maximum absolute atomic E-state index is 12.2. The first-order valence-corrected chi connectivity index (χ1v) is 11.2. The van der Waals surface area contributed by atoms with E-state index < -0.39 is 40.3 Å². The predicted octanol–water partition coefficient (Wildman–Crippen LogP) is 1.15. The fraction of sp³-hybridized carbons (Fsp3) is 0.238. The fourth-order valence-electron chi connectivity index (χ4n) is 3.11. The number of carbonyl (C=O) groups is 4. The van der Waals surface area contributed by atoms with Crippen molar-refractivity contribution in [2.45, 2.75) is 23.8 Å². The lowest BCUT2D eigenvalue weighted by molar-refractivity contribution is -0.119. The second-order valence-electron chi connectivity index (χ2n) is 7.47. The first kappa shape index (κ1) is 21.7. The Labute approximate surface area is 183 Å². The maximum Gasteiger partial charge on any atom is 0.338 e. The highest BCUT2D eigenvalue weighted by molar-refractivity contribution is 7.89. The number of carbonyl (C=O) groups excluding carboxylic acids is 4. The number of hydrogen-bond donors (Lipinski definition) is 2. The number of imide groups is 1. The summed E-state index contributed by atoms with van der Waals surface area (Å²) in [6.45, 7) is -0.591. The lowest BCUT2D eigenvalue weighted by Gasteiger charge is -2.08. The Kier molecular flexibility index (Phi) is 5.53. The van der Waals surface area contributed by atoms with Crippen LogP contribution in [-0.4, -0.2) is 56.7 Å². The predicted molar refractivity (Wildman–Crippen MR) is 112 cm³/mol. The largest absolute Gasteiger partial charge is 0.452 e. The molecule has 166 valence electrons. The average molecular weight is 457 g/mol. The minimum Gasteiger partial charge on any atom is -0.452 e. The van der Waals surface area contributed by atoms with Gasteiger partial charge in [0.05, 0.1) is 21.6 Å². The monoisotopic (exact) mass is 457 g/mol. The van der Waals surface area contributed by atoms with Crippen molar-refractivity contribution < 1.29 is 32.3 Å². The van der Waals surface area contributed by atoms with Crippen molar-refractivity contribution >= 4 is 39.4 Å². The van der Waals surface area contributed by atoms with Crippen molar-refractivity contribution in [3.8, 4) is 0 Å². The van der Waals surface area contributed by atoms with Crippen molar-refractivity contribution in [1.82, 2.24) is 9.62 Å². The molecule has 0 aromatic heterocycles. The Bertz CT molecular complexity index is 1230. The molecule has 1 aliphatic heterocycles. The smallest absolute Gasteiger partial charge is 0.338 e. The Morgan fingerprint density at radius 3 is 2.34 bits per heavy atom. The molecular formula is C21H19N3O7S. The van der Waals surface area contributed by atoms with Gasteiger partial charge in [-0.2, -0.15) is 0 Å². The molecule has 0 atom stereocenters. The summed E-state index contributed by atoms with van der Waals surface area (Å²) in [5, 5.41) is 2.50. The summed E-state index contributed by atoms with van der Waals surface area (Å²) in [6.07, 6.45) is 1.62. The highest BCUT2D eigenvalue weighted by Crippen LogP contribution is 2.25. The highest BCUT2D eigenvalue weighted by atomic mass is 32.2. The molecule has 1 saturated carbocycles. The van der Waals surface area contributed by atoms with Crippen LogP contribution in [0.3, 0.4) is 0 Å². The first-order valence-electron chi connectivity index (χ1n) is 9.71. The molecule has 0 radical (unpaired) electrons. The van der Waals surface area contributed by atoms with Gasteiger partial charge in [-0.3, -0.25) is 19.3 Å². The van der Waals surface area contributed by atoms with Gasteiger partial charge in [0.2, 0.25) is 10.0 Å². The van der Waals surface area contributed by atoms with Gasteiger partial charge in [0, 0.05) is 18.8 Å². The standard InChI is InChI=1S/C21H19N3O7S/c1-24-19(26)16-9-6-14(10-17(16)20(24)27)22-18(25)11-31-21(28)12-2-7-15(8-3-12)32(29,30)23-13-4-5-13/h2-3,6-10,13,23H,4-5,11H2,1H3,(H,22,25). The van der Waals surface area contributed by atoms with Gasteiger partial charge in [-0.1, -0.05) is 0 Å².